The number of nitrogens with zero attached hydrogens (tertiary/aromatic N) is 1. The Balaban J connectivity index is 0.00000324. The lowest BCUT2D eigenvalue weighted by Crippen LogP contribution is -2.21. The van der Waals surface area contributed by atoms with E-state index in [4.69, 9.17) is 0 Å². The normalized spacial score (nSPS) is 19.6. The molecule has 0 spiro atoms. The highest BCUT2D eigenvalue weighted by Gasteiger charge is 2.17. The van der Waals surface area contributed by atoms with E-state index >= 15 is 0 Å². The highest BCUT2D eigenvalue weighted by molar-refractivity contribution is 5.85. The first-order chi connectivity index (χ1) is 8.83. The van der Waals surface area contributed by atoms with E-state index in [1.165, 1.54) is 90.3 Å². The Morgan fingerprint density at radius 2 is 1.37 bits per heavy atom. The highest BCUT2D eigenvalue weighted by Crippen LogP contribution is 2.16. The van der Waals surface area contributed by atoms with Crippen LogP contribution < -0.4 is 0 Å². The molecule has 0 radical (unpaired) electrons. The summed E-state index contributed by atoms with van der Waals surface area (Å²) < 4.78 is 0. The van der Waals surface area contributed by atoms with E-state index in [0.717, 1.165) is 5.92 Å². The zero-order chi connectivity index (χ0) is 13.1. The van der Waals surface area contributed by atoms with Crippen molar-refractivity contribution in [2.24, 2.45) is 5.92 Å². The van der Waals surface area contributed by atoms with Crippen LogP contribution in [0.15, 0.2) is 0 Å². The molecule has 0 aromatic rings. The second-order valence-electron chi connectivity index (χ2n) is 6.38. The van der Waals surface area contributed by atoms with Gasteiger partial charge in [-0.25, -0.2) is 0 Å². The number of hydrogen-bond donors (Lipinski definition) is 0. The molecule has 1 aliphatic rings. The fourth-order valence-corrected chi connectivity index (χ4v) is 3.05. The van der Waals surface area contributed by atoms with Crippen molar-refractivity contribution in [2.45, 2.75) is 84.5 Å². The van der Waals surface area contributed by atoms with Crippen LogP contribution in [0.3, 0.4) is 0 Å². The lowest BCUT2D eigenvalue weighted by atomic mass is 10.1. The molecule has 0 saturated carbocycles. The maximum absolute atomic E-state index is 2.66. The van der Waals surface area contributed by atoms with Gasteiger partial charge in [-0.1, -0.05) is 71.6 Å². The zero-order valence-electron chi connectivity index (χ0n) is 13.3. The van der Waals surface area contributed by atoms with Crippen molar-refractivity contribution in [1.29, 1.82) is 0 Å². The molecule has 19 heavy (non-hydrogen) atoms. The van der Waals surface area contributed by atoms with Gasteiger partial charge in [0.2, 0.25) is 0 Å². The monoisotopic (exact) mass is 289 g/mol. The Bertz CT molecular complexity index is 184. The van der Waals surface area contributed by atoms with Crippen LogP contribution in [-0.2, 0) is 0 Å². The predicted octanol–water partition coefficient (Wildman–Crippen LogP) is 5.67. The third-order valence-electron chi connectivity index (χ3n) is 4.34. The number of likely N-dealkylation sites (tertiary alicyclic amines) is 1. The van der Waals surface area contributed by atoms with Gasteiger partial charge in [0, 0.05) is 6.54 Å². The van der Waals surface area contributed by atoms with E-state index in [-0.39, 0.29) is 12.4 Å². The highest BCUT2D eigenvalue weighted by atomic mass is 35.5. The summed E-state index contributed by atoms with van der Waals surface area (Å²) in [6, 6.07) is 0. The summed E-state index contributed by atoms with van der Waals surface area (Å²) in [5.74, 6) is 0.952. The van der Waals surface area contributed by atoms with Crippen LogP contribution in [-0.4, -0.2) is 24.5 Å². The van der Waals surface area contributed by atoms with Gasteiger partial charge in [0.15, 0.2) is 0 Å². The minimum atomic E-state index is 0. The zero-order valence-corrected chi connectivity index (χ0v) is 14.1. The number of hydrogen-bond acceptors (Lipinski definition) is 1. The van der Waals surface area contributed by atoms with Crippen molar-refractivity contribution in [2.75, 3.05) is 19.6 Å². The van der Waals surface area contributed by atoms with Gasteiger partial charge in [0.1, 0.15) is 0 Å². The molecule has 1 aliphatic heterocycles. The van der Waals surface area contributed by atoms with Crippen LogP contribution in [0.5, 0.6) is 0 Å². The molecule has 1 rings (SSSR count). The van der Waals surface area contributed by atoms with E-state index in [1.54, 1.807) is 0 Å². The summed E-state index contributed by atoms with van der Waals surface area (Å²) in [4.78, 5) is 2.66. The molecule has 0 aromatic heterocycles. The lowest BCUT2D eigenvalue weighted by Gasteiger charge is -2.14. The fraction of sp³-hybridized carbons (Fsp3) is 1.00. The molecule has 0 aliphatic carbocycles. The maximum atomic E-state index is 2.66. The van der Waals surface area contributed by atoms with E-state index in [9.17, 15) is 0 Å². The summed E-state index contributed by atoms with van der Waals surface area (Å²) >= 11 is 0. The first kappa shape index (κ1) is 19.2. The topological polar surface area (TPSA) is 3.24 Å². The van der Waals surface area contributed by atoms with Gasteiger partial charge in [-0.2, -0.15) is 0 Å². The Labute approximate surface area is 127 Å². The van der Waals surface area contributed by atoms with Crippen molar-refractivity contribution in [3.63, 3.8) is 0 Å². The third-order valence-corrected chi connectivity index (χ3v) is 4.34. The average Bonchev–Trinajstić information content (AvgIpc) is 2.77. The second kappa shape index (κ2) is 13.2. The van der Waals surface area contributed by atoms with Gasteiger partial charge < -0.3 is 4.90 Å². The van der Waals surface area contributed by atoms with Crippen LogP contribution in [0.4, 0.5) is 0 Å². The quantitative estimate of drug-likeness (QED) is 0.443. The van der Waals surface area contributed by atoms with Crippen molar-refractivity contribution in [1.82, 2.24) is 4.90 Å². The minimum absolute atomic E-state index is 0. The van der Waals surface area contributed by atoms with Gasteiger partial charge in [0.05, 0.1) is 0 Å². The Morgan fingerprint density at radius 3 is 1.84 bits per heavy atom. The van der Waals surface area contributed by atoms with Crippen molar-refractivity contribution in [3.05, 3.63) is 0 Å². The number of halogens is 1. The van der Waals surface area contributed by atoms with Gasteiger partial charge in [0.25, 0.3) is 0 Å². The fourth-order valence-electron chi connectivity index (χ4n) is 3.05. The molecule has 0 bridgehead atoms. The largest absolute Gasteiger partial charge is 0.303 e. The van der Waals surface area contributed by atoms with Gasteiger partial charge in [-0.15, -0.1) is 12.4 Å². The summed E-state index contributed by atoms with van der Waals surface area (Å²) in [5, 5.41) is 0. The maximum Gasteiger partial charge on any atom is 0.000750 e. The molecule has 2 heteroatoms. The third kappa shape index (κ3) is 10.7. The molecule has 1 atom stereocenters. The molecule has 1 saturated heterocycles. The molecule has 1 heterocycles. The predicted molar refractivity (Wildman–Crippen MR) is 89.3 cm³/mol. The average molecular weight is 290 g/mol. The summed E-state index contributed by atoms with van der Waals surface area (Å²) in [6.07, 6.45) is 16.0. The van der Waals surface area contributed by atoms with Crippen LogP contribution in [0.2, 0.25) is 0 Å². The van der Waals surface area contributed by atoms with Crippen LogP contribution in [0.25, 0.3) is 0 Å². The van der Waals surface area contributed by atoms with Gasteiger partial charge in [-0.3, -0.25) is 0 Å². The van der Waals surface area contributed by atoms with Crippen molar-refractivity contribution in [3.8, 4) is 0 Å². The van der Waals surface area contributed by atoms with Crippen molar-refractivity contribution < 1.29 is 0 Å². The smallest absolute Gasteiger partial charge is 0.000750 e. The molecule has 0 amide bonds. The molecular weight excluding hydrogens is 254 g/mol. The molecule has 0 aromatic carbocycles. The molecule has 0 N–H and O–H groups in total. The summed E-state index contributed by atoms with van der Waals surface area (Å²) in [5.41, 5.74) is 0. The molecule has 1 fully saturated rings. The molecular formula is C17H36ClN. The van der Waals surface area contributed by atoms with E-state index < -0.39 is 0 Å². The summed E-state index contributed by atoms with van der Waals surface area (Å²) in [7, 11) is 0. The Kier molecular flexibility index (Phi) is 13.4. The van der Waals surface area contributed by atoms with Crippen LogP contribution in [0, 0.1) is 5.92 Å². The van der Waals surface area contributed by atoms with Crippen LogP contribution in [0.1, 0.15) is 84.5 Å². The van der Waals surface area contributed by atoms with E-state index in [1.807, 2.05) is 0 Å². The van der Waals surface area contributed by atoms with Crippen LogP contribution >= 0.6 is 12.4 Å². The second-order valence-corrected chi connectivity index (χ2v) is 6.38. The first-order valence-electron chi connectivity index (χ1n) is 8.55. The Hall–Kier alpha value is 0.250. The molecule has 116 valence electrons. The van der Waals surface area contributed by atoms with Gasteiger partial charge >= 0.3 is 0 Å². The standard InChI is InChI=1S/C17H35N.ClH/c1-3-4-5-6-7-8-9-10-11-12-14-18-15-13-17(2)16-18;/h17H,3-16H2,1-2H3;1H. The number of rotatable bonds is 11. The SMILES string of the molecule is CCCCCCCCCCCCN1CCC(C)C1.Cl. The molecule has 1 nitrogen and oxygen atoms in total. The minimum Gasteiger partial charge on any atom is -0.303 e. The number of unbranched alkanes of at least 4 members (excludes halogenated alkanes) is 9. The van der Waals surface area contributed by atoms with Gasteiger partial charge in [-0.05, 0) is 31.8 Å². The first-order valence-corrected chi connectivity index (χ1v) is 8.55. The Morgan fingerprint density at radius 1 is 0.842 bits per heavy atom. The summed E-state index contributed by atoms with van der Waals surface area (Å²) in [6.45, 7) is 8.76. The van der Waals surface area contributed by atoms with E-state index in [0.29, 0.717) is 0 Å². The lowest BCUT2D eigenvalue weighted by molar-refractivity contribution is 0.317. The molecule has 1 unspecified atom stereocenters. The van der Waals surface area contributed by atoms with E-state index in [2.05, 4.69) is 18.7 Å². The van der Waals surface area contributed by atoms with Crippen molar-refractivity contribution >= 4 is 12.4 Å².